The van der Waals surface area contributed by atoms with Crippen LogP contribution in [-0.2, 0) is 33.3 Å². The predicted molar refractivity (Wildman–Crippen MR) is 169 cm³/mol. The number of amides is 1. The molecule has 2 aliphatic heterocycles. The molecule has 1 saturated heterocycles. The van der Waals surface area contributed by atoms with Gasteiger partial charge in [0, 0.05) is 38.7 Å². The maximum atomic E-state index is 16.0. The molecule has 1 fully saturated rings. The van der Waals surface area contributed by atoms with Gasteiger partial charge in [0.1, 0.15) is 33.2 Å². The number of likely N-dealkylation sites (tertiary alicyclic amines) is 1. The molecule has 3 aromatic rings. The lowest BCUT2D eigenvalue weighted by molar-refractivity contribution is 0.0558. The van der Waals surface area contributed by atoms with Gasteiger partial charge in [-0.15, -0.1) is 0 Å². The van der Waals surface area contributed by atoms with E-state index in [0.29, 0.717) is 18.7 Å². The standard InChI is InChI=1S/C33H37F2N5O5S/c1-31(2,3)45-30(42)37-29-38-32(4,25-17-23(11-13-26(25)35)18-28(41)27-14-12-24(34)19-36-27)33(46(43,44)39(29)5)15-16-40(21-33)20-22-9-7-6-8-10-22/h6-14,17,19H,15-16,18,20-21H2,1-5H3,(H,37,38,42)/t32-,33?/m1/s1. The van der Waals surface area contributed by atoms with E-state index in [1.807, 2.05) is 35.2 Å². The van der Waals surface area contributed by atoms with E-state index in [-0.39, 0.29) is 36.6 Å². The van der Waals surface area contributed by atoms with Gasteiger partial charge >= 0.3 is 6.09 Å². The lowest BCUT2D eigenvalue weighted by Gasteiger charge is -2.49. The summed E-state index contributed by atoms with van der Waals surface area (Å²) in [5.74, 6) is -2.06. The Bertz CT molecular complexity index is 1780. The molecule has 2 aromatic carbocycles. The second kappa shape index (κ2) is 12.2. The number of carbonyl (C=O) groups excluding carboxylic acids is 2. The first-order chi connectivity index (χ1) is 21.5. The number of hydrogen-bond donors (Lipinski definition) is 1. The number of halogens is 2. The second-order valence-corrected chi connectivity index (χ2v) is 15.1. The summed E-state index contributed by atoms with van der Waals surface area (Å²) in [6, 6.07) is 16.0. The monoisotopic (exact) mass is 653 g/mol. The van der Waals surface area contributed by atoms with E-state index in [9.17, 15) is 22.4 Å². The van der Waals surface area contributed by atoms with Crippen molar-refractivity contribution in [3.63, 3.8) is 0 Å². The van der Waals surface area contributed by atoms with Crippen molar-refractivity contribution in [3.8, 4) is 0 Å². The van der Waals surface area contributed by atoms with Crippen LogP contribution in [0.15, 0.2) is 71.9 Å². The molecule has 1 amide bonds. The van der Waals surface area contributed by atoms with Gasteiger partial charge in [-0.1, -0.05) is 36.4 Å². The first kappa shape index (κ1) is 33.1. The van der Waals surface area contributed by atoms with Gasteiger partial charge in [-0.25, -0.2) is 31.3 Å². The summed E-state index contributed by atoms with van der Waals surface area (Å²) in [6.45, 7) is 7.42. The molecule has 0 saturated carbocycles. The van der Waals surface area contributed by atoms with Crippen LogP contribution >= 0.6 is 0 Å². The van der Waals surface area contributed by atoms with Crippen LogP contribution in [0.2, 0.25) is 0 Å². The van der Waals surface area contributed by atoms with Crippen LogP contribution in [-0.4, -0.2) is 70.9 Å². The summed E-state index contributed by atoms with van der Waals surface area (Å²) in [6.07, 6.45) is -0.0643. The average Bonchev–Trinajstić information content (AvgIpc) is 3.42. The number of nitrogens with one attached hydrogen (secondary N) is 1. The minimum Gasteiger partial charge on any atom is -0.444 e. The van der Waals surface area contributed by atoms with Gasteiger partial charge in [0.25, 0.3) is 0 Å². The number of rotatable bonds is 6. The van der Waals surface area contributed by atoms with Crippen LogP contribution in [0.3, 0.4) is 0 Å². The molecule has 2 atom stereocenters. The third kappa shape index (κ3) is 6.25. The van der Waals surface area contributed by atoms with E-state index in [1.165, 1.54) is 31.3 Å². The number of Topliss-reactive ketones (excluding diaryl/α,β-unsaturated/α-hetero) is 1. The van der Waals surface area contributed by atoms with Gasteiger partial charge in [-0.3, -0.25) is 20.0 Å². The van der Waals surface area contributed by atoms with Crippen molar-refractivity contribution >= 4 is 27.9 Å². The van der Waals surface area contributed by atoms with Gasteiger partial charge in [-0.05, 0) is 69.5 Å². The summed E-state index contributed by atoms with van der Waals surface area (Å²) < 4.78 is 63.2. The van der Waals surface area contributed by atoms with Crippen molar-refractivity contribution in [2.45, 2.75) is 63.0 Å². The largest absolute Gasteiger partial charge is 0.444 e. The number of sulfonamides is 1. The highest BCUT2D eigenvalue weighted by Gasteiger charge is 2.66. The molecule has 1 aromatic heterocycles. The lowest BCUT2D eigenvalue weighted by atomic mass is 9.77. The maximum Gasteiger partial charge on any atom is 0.414 e. The number of carbonyl (C=O) groups is 2. The molecule has 46 heavy (non-hydrogen) atoms. The summed E-state index contributed by atoms with van der Waals surface area (Å²) in [7, 11) is -3.01. The number of aromatic nitrogens is 1. The summed E-state index contributed by atoms with van der Waals surface area (Å²) in [5, 5.41) is 2.46. The van der Waals surface area contributed by atoms with Gasteiger partial charge in [-0.2, -0.15) is 0 Å². The fraction of sp³-hybridized carbons (Fsp3) is 0.394. The first-order valence-electron chi connectivity index (χ1n) is 14.8. The number of pyridine rings is 1. The van der Waals surface area contributed by atoms with Crippen LogP contribution in [0.1, 0.15) is 61.3 Å². The maximum absolute atomic E-state index is 16.0. The molecule has 1 spiro atoms. The van der Waals surface area contributed by atoms with Crippen molar-refractivity contribution < 1.29 is 31.5 Å². The van der Waals surface area contributed by atoms with Crippen molar-refractivity contribution in [1.82, 2.24) is 19.5 Å². The predicted octanol–water partition coefficient (Wildman–Crippen LogP) is 4.80. The molecular weight excluding hydrogens is 616 g/mol. The molecule has 0 aliphatic carbocycles. The summed E-state index contributed by atoms with van der Waals surface area (Å²) >= 11 is 0. The first-order valence-corrected chi connectivity index (χ1v) is 16.3. The van der Waals surface area contributed by atoms with Crippen molar-refractivity contribution in [2.24, 2.45) is 4.99 Å². The van der Waals surface area contributed by atoms with E-state index in [0.717, 1.165) is 22.1 Å². The molecule has 2 aliphatic rings. The van der Waals surface area contributed by atoms with Crippen LogP contribution in [0.5, 0.6) is 0 Å². The van der Waals surface area contributed by atoms with Crippen LogP contribution < -0.4 is 5.32 Å². The number of aliphatic imine (C=N–C) groups is 1. The van der Waals surface area contributed by atoms with E-state index in [2.05, 4.69) is 10.3 Å². The Kier molecular flexibility index (Phi) is 8.77. The molecule has 0 radical (unpaired) electrons. The summed E-state index contributed by atoms with van der Waals surface area (Å²) in [5.41, 5.74) is -1.28. The molecule has 0 bridgehead atoms. The fourth-order valence-corrected chi connectivity index (χ4v) is 8.32. The normalized spacial score (nSPS) is 22.8. The van der Waals surface area contributed by atoms with E-state index >= 15 is 4.39 Å². The van der Waals surface area contributed by atoms with E-state index in [1.54, 1.807) is 27.7 Å². The molecule has 13 heteroatoms. The lowest BCUT2D eigenvalue weighted by Crippen LogP contribution is -2.66. The van der Waals surface area contributed by atoms with Crippen LogP contribution in [0.4, 0.5) is 13.6 Å². The average molecular weight is 654 g/mol. The number of guanidine groups is 1. The highest BCUT2D eigenvalue weighted by molar-refractivity contribution is 7.91. The Balaban J connectivity index is 1.60. The third-order valence-electron chi connectivity index (χ3n) is 8.47. The Morgan fingerprint density at radius 1 is 1.04 bits per heavy atom. The molecule has 1 unspecified atom stereocenters. The van der Waals surface area contributed by atoms with E-state index in [4.69, 9.17) is 9.73 Å². The van der Waals surface area contributed by atoms with Gasteiger partial charge in [0.05, 0.1) is 6.20 Å². The summed E-state index contributed by atoms with van der Waals surface area (Å²) in [4.78, 5) is 36.5. The number of benzene rings is 2. The number of nitrogens with zero attached hydrogens (tertiary/aromatic N) is 4. The SMILES string of the molecule is CN1C(NC(=O)OC(C)(C)C)=N[C@](C)(c2cc(CC(=O)c3ccc(F)cn3)ccc2F)C2(CCN(Cc3ccccc3)C2)S1(=O)=O. The minimum absolute atomic E-state index is 0.0242. The van der Waals surface area contributed by atoms with Crippen LogP contribution in [0.25, 0.3) is 0 Å². The molecule has 3 heterocycles. The molecular formula is C33H37F2N5O5S. The minimum atomic E-state index is -4.31. The Morgan fingerprint density at radius 2 is 1.76 bits per heavy atom. The zero-order valence-corrected chi connectivity index (χ0v) is 27.2. The molecule has 5 rings (SSSR count). The highest BCUT2D eigenvalue weighted by Crippen LogP contribution is 2.52. The third-order valence-corrected chi connectivity index (χ3v) is 11.1. The van der Waals surface area contributed by atoms with Crippen molar-refractivity contribution in [1.29, 1.82) is 0 Å². The Labute approximate surface area is 267 Å². The molecule has 10 nitrogen and oxygen atoms in total. The van der Waals surface area contributed by atoms with E-state index < -0.39 is 49.4 Å². The second-order valence-electron chi connectivity index (χ2n) is 12.8. The Morgan fingerprint density at radius 3 is 2.41 bits per heavy atom. The number of alkyl carbamates (subject to hydrolysis) is 1. The fourth-order valence-electron chi connectivity index (χ4n) is 6.13. The zero-order chi connectivity index (χ0) is 33.5. The topological polar surface area (TPSA) is 121 Å². The number of ketones is 1. The van der Waals surface area contributed by atoms with Gasteiger partial charge in [0.2, 0.25) is 16.0 Å². The molecule has 1 N–H and O–H groups in total. The highest BCUT2D eigenvalue weighted by atomic mass is 32.2. The Hall–Kier alpha value is -4.23. The quantitative estimate of drug-likeness (QED) is 0.380. The smallest absolute Gasteiger partial charge is 0.414 e. The number of hydrogen-bond acceptors (Lipinski definition) is 8. The zero-order valence-electron chi connectivity index (χ0n) is 26.4. The van der Waals surface area contributed by atoms with Crippen LogP contribution in [0, 0.1) is 11.6 Å². The molecule has 244 valence electrons. The van der Waals surface area contributed by atoms with Gasteiger partial charge in [0.15, 0.2) is 5.78 Å². The van der Waals surface area contributed by atoms with Crippen molar-refractivity contribution in [2.75, 3.05) is 20.1 Å². The van der Waals surface area contributed by atoms with Gasteiger partial charge < -0.3 is 4.74 Å². The van der Waals surface area contributed by atoms with Crippen molar-refractivity contribution in [3.05, 3.63) is 101 Å². The number of ether oxygens (including phenoxy) is 1.